The average Bonchev–Trinajstić information content (AvgIpc) is 2.47. The molecule has 0 radical (unpaired) electrons. The highest BCUT2D eigenvalue weighted by Crippen LogP contribution is 2.14. The number of hydrogen-bond acceptors (Lipinski definition) is 4. The molecular weight excluding hydrogens is 230 g/mol. The van der Waals surface area contributed by atoms with Crippen molar-refractivity contribution in [2.75, 3.05) is 46.4 Å². The molecule has 0 spiro atoms. The highest BCUT2D eigenvalue weighted by molar-refractivity contribution is 5.81. The van der Waals surface area contributed by atoms with Crippen molar-refractivity contribution in [3.63, 3.8) is 0 Å². The summed E-state index contributed by atoms with van der Waals surface area (Å²) in [6, 6.07) is 0.512. The van der Waals surface area contributed by atoms with Crippen LogP contribution in [0.3, 0.4) is 0 Å². The number of amides is 1. The monoisotopic (exact) mass is 255 g/mol. The third-order valence-electron chi connectivity index (χ3n) is 4.18. The lowest BCUT2D eigenvalue weighted by Gasteiger charge is -2.38. The van der Waals surface area contributed by atoms with Gasteiger partial charge in [-0.05, 0) is 39.9 Å². The fraction of sp³-hybridized carbons (Fsp3) is 0.923. The van der Waals surface area contributed by atoms with Crippen LogP contribution in [-0.4, -0.2) is 74.2 Å². The predicted molar refractivity (Wildman–Crippen MR) is 70.5 cm³/mol. The molecule has 0 aromatic carbocycles. The second kappa shape index (κ2) is 6.50. The van der Waals surface area contributed by atoms with E-state index in [9.17, 15) is 4.79 Å². The van der Waals surface area contributed by atoms with Crippen molar-refractivity contribution < 1.29 is 9.53 Å². The maximum atomic E-state index is 12.4. The summed E-state index contributed by atoms with van der Waals surface area (Å²) in [5, 5.41) is 3.36. The topological polar surface area (TPSA) is 44.8 Å². The second-order valence-electron chi connectivity index (χ2n) is 5.26. The predicted octanol–water partition coefficient (Wildman–Crippen LogP) is -0.0825. The van der Waals surface area contributed by atoms with Crippen molar-refractivity contribution in [3.8, 4) is 0 Å². The van der Waals surface area contributed by atoms with E-state index in [-0.39, 0.29) is 11.9 Å². The van der Waals surface area contributed by atoms with E-state index in [0.29, 0.717) is 19.3 Å². The summed E-state index contributed by atoms with van der Waals surface area (Å²) in [5.74, 6) is 0.249. The smallest absolute Gasteiger partial charge is 0.239 e. The van der Waals surface area contributed by atoms with Crippen LogP contribution in [0.4, 0.5) is 0 Å². The number of likely N-dealkylation sites (N-methyl/N-ethyl adjacent to an activating group) is 1. The van der Waals surface area contributed by atoms with Crippen LogP contribution < -0.4 is 5.32 Å². The van der Waals surface area contributed by atoms with E-state index in [1.165, 1.54) is 0 Å². The van der Waals surface area contributed by atoms with Crippen molar-refractivity contribution >= 4 is 5.91 Å². The molecule has 1 amide bonds. The number of nitrogens with zero attached hydrogens (tertiary/aromatic N) is 2. The summed E-state index contributed by atoms with van der Waals surface area (Å²) in [4.78, 5) is 16.6. The van der Waals surface area contributed by atoms with Gasteiger partial charge < -0.3 is 15.0 Å². The Morgan fingerprint density at radius 2 is 1.94 bits per heavy atom. The highest BCUT2D eigenvalue weighted by atomic mass is 16.5. The Kier molecular flexibility index (Phi) is 4.97. The van der Waals surface area contributed by atoms with E-state index in [0.717, 1.165) is 39.0 Å². The van der Waals surface area contributed by atoms with Crippen LogP contribution in [-0.2, 0) is 9.53 Å². The summed E-state index contributed by atoms with van der Waals surface area (Å²) < 4.78 is 5.29. The quantitative estimate of drug-likeness (QED) is 0.766. The molecule has 5 heteroatoms. The molecule has 0 saturated carbocycles. The van der Waals surface area contributed by atoms with Crippen molar-refractivity contribution in [3.05, 3.63) is 0 Å². The number of carbonyl (C=O) groups excluding carboxylic acids is 1. The van der Waals surface area contributed by atoms with E-state index in [1.807, 2.05) is 11.8 Å². The molecule has 2 aliphatic heterocycles. The lowest BCUT2D eigenvalue weighted by atomic mass is 10.0. The minimum atomic E-state index is -0.0220. The first kappa shape index (κ1) is 13.8. The Hall–Kier alpha value is -0.650. The number of morpholine rings is 1. The maximum Gasteiger partial charge on any atom is 0.239 e. The van der Waals surface area contributed by atoms with Gasteiger partial charge in [-0.3, -0.25) is 9.69 Å². The van der Waals surface area contributed by atoms with Gasteiger partial charge in [0, 0.05) is 19.1 Å². The van der Waals surface area contributed by atoms with E-state index in [2.05, 4.69) is 17.3 Å². The standard InChI is InChI=1S/C13H25N3O2/c1-11(13(17)16-7-9-18-10-8-16)15(2)12-3-5-14-6-4-12/h11-12,14H,3-10H2,1-2H3. The van der Waals surface area contributed by atoms with Gasteiger partial charge in [0.25, 0.3) is 0 Å². The van der Waals surface area contributed by atoms with Gasteiger partial charge in [-0.2, -0.15) is 0 Å². The molecule has 1 atom stereocenters. The summed E-state index contributed by atoms with van der Waals surface area (Å²) in [6.07, 6.45) is 2.27. The fourth-order valence-electron chi connectivity index (χ4n) is 2.75. The largest absolute Gasteiger partial charge is 0.378 e. The average molecular weight is 255 g/mol. The summed E-state index contributed by atoms with van der Waals surface area (Å²) in [6.45, 7) is 6.98. The normalized spacial score (nSPS) is 24.3. The number of rotatable bonds is 3. The fourth-order valence-corrected chi connectivity index (χ4v) is 2.75. The Morgan fingerprint density at radius 1 is 1.33 bits per heavy atom. The van der Waals surface area contributed by atoms with Crippen LogP contribution >= 0.6 is 0 Å². The van der Waals surface area contributed by atoms with E-state index < -0.39 is 0 Å². The van der Waals surface area contributed by atoms with Gasteiger partial charge in [-0.15, -0.1) is 0 Å². The third kappa shape index (κ3) is 3.22. The van der Waals surface area contributed by atoms with Crippen LogP contribution in [0.5, 0.6) is 0 Å². The first-order chi connectivity index (χ1) is 8.70. The van der Waals surface area contributed by atoms with Crippen LogP contribution in [0, 0.1) is 0 Å². The molecule has 2 fully saturated rings. The van der Waals surface area contributed by atoms with E-state index in [1.54, 1.807) is 0 Å². The van der Waals surface area contributed by atoms with Gasteiger partial charge >= 0.3 is 0 Å². The molecule has 1 N–H and O–H groups in total. The Labute approximate surface area is 109 Å². The van der Waals surface area contributed by atoms with Crippen molar-refractivity contribution in [2.45, 2.75) is 31.8 Å². The van der Waals surface area contributed by atoms with Gasteiger partial charge in [0.1, 0.15) is 0 Å². The molecule has 0 bridgehead atoms. The summed E-state index contributed by atoms with van der Waals surface area (Å²) >= 11 is 0. The molecular formula is C13H25N3O2. The molecule has 5 nitrogen and oxygen atoms in total. The molecule has 18 heavy (non-hydrogen) atoms. The van der Waals surface area contributed by atoms with E-state index >= 15 is 0 Å². The van der Waals surface area contributed by atoms with Crippen LogP contribution in [0.15, 0.2) is 0 Å². The summed E-state index contributed by atoms with van der Waals surface area (Å²) in [5.41, 5.74) is 0. The van der Waals surface area contributed by atoms with Gasteiger partial charge in [-0.1, -0.05) is 0 Å². The van der Waals surface area contributed by atoms with Crippen molar-refractivity contribution in [1.29, 1.82) is 0 Å². The maximum absolute atomic E-state index is 12.4. The molecule has 2 heterocycles. The molecule has 104 valence electrons. The third-order valence-corrected chi connectivity index (χ3v) is 4.18. The zero-order valence-electron chi connectivity index (χ0n) is 11.5. The zero-order chi connectivity index (χ0) is 13.0. The number of nitrogens with one attached hydrogen (secondary N) is 1. The number of hydrogen-bond donors (Lipinski definition) is 1. The number of ether oxygens (including phenoxy) is 1. The molecule has 2 saturated heterocycles. The lowest BCUT2D eigenvalue weighted by molar-refractivity contribution is -0.141. The van der Waals surface area contributed by atoms with Gasteiger partial charge in [0.2, 0.25) is 5.91 Å². The molecule has 0 aromatic rings. The molecule has 0 aromatic heterocycles. The van der Waals surface area contributed by atoms with Crippen molar-refractivity contribution in [2.24, 2.45) is 0 Å². The van der Waals surface area contributed by atoms with E-state index in [4.69, 9.17) is 4.74 Å². The summed E-state index contributed by atoms with van der Waals surface area (Å²) in [7, 11) is 2.08. The van der Waals surface area contributed by atoms with Gasteiger partial charge in [0.05, 0.1) is 19.3 Å². The lowest BCUT2D eigenvalue weighted by Crippen LogP contribution is -2.53. The number of carbonyl (C=O) groups is 1. The van der Waals surface area contributed by atoms with Crippen LogP contribution in [0.2, 0.25) is 0 Å². The minimum Gasteiger partial charge on any atom is -0.378 e. The molecule has 2 rings (SSSR count). The first-order valence-corrected chi connectivity index (χ1v) is 6.99. The molecule has 0 aliphatic carbocycles. The van der Waals surface area contributed by atoms with Gasteiger partial charge in [-0.25, -0.2) is 0 Å². The van der Waals surface area contributed by atoms with Crippen LogP contribution in [0.25, 0.3) is 0 Å². The zero-order valence-corrected chi connectivity index (χ0v) is 11.5. The SMILES string of the molecule is CC(C(=O)N1CCOCC1)N(C)C1CCNCC1. The molecule has 2 aliphatic rings. The number of piperidine rings is 1. The second-order valence-corrected chi connectivity index (χ2v) is 5.26. The van der Waals surface area contributed by atoms with Gasteiger partial charge in [0.15, 0.2) is 0 Å². The highest BCUT2D eigenvalue weighted by Gasteiger charge is 2.29. The first-order valence-electron chi connectivity index (χ1n) is 6.99. The Morgan fingerprint density at radius 3 is 2.56 bits per heavy atom. The Balaban J connectivity index is 1.87. The minimum absolute atomic E-state index is 0.0220. The van der Waals surface area contributed by atoms with Crippen LogP contribution in [0.1, 0.15) is 19.8 Å². The molecule has 1 unspecified atom stereocenters. The Bertz CT molecular complexity index is 273. The van der Waals surface area contributed by atoms with Crippen molar-refractivity contribution in [1.82, 2.24) is 15.1 Å².